The van der Waals surface area contributed by atoms with Crippen LogP contribution in [0.15, 0.2) is 0 Å². The summed E-state index contributed by atoms with van der Waals surface area (Å²) in [5.74, 6) is 1.58. The van der Waals surface area contributed by atoms with E-state index >= 15 is 0 Å². The van der Waals surface area contributed by atoms with Crippen molar-refractivity contribution in [3.8, 4) is 0 Å². The monoisotopic (exact) mass is 155 g/mol. The molecule has 1 heteroatoms. The smallest absolute Gasteiger partial charge is 0.00461 e. The Morgan fingerprint density at radius 1 is 1.45 bits per heavy atom. The first kappa shape index (κ1) is 9.05. The second-order valence-corrected chi connectivity index (χ2v) is 4.67. The molecule has 2 N–H and O–H groups in total. The molecule has 0 aromatic carbocycles. The quantitative estimate of drug-likeness (QED) is 0.618. The second-order valence-electron chi connectivity index (χ2n) is 4.67. The van der Waals surface area contributed by atoms with Gasteiger partial charge in [0.1, 0.15) is 0 Å². The Bertz CT molecular complexity index is 129. The third-order valence-electron chi connectivity index (χ3n) is 3.64. The zero-order valence-electron chi connectivity index (χ0n) is 8.06. The van der Waals surface area contributed by atoms with Gasteiger partial charge in [0.05, 0.1) is 0 Å². The van der Waals surface area contributed by atoms with E-state index in [9.17, 15) is 0 Å². The number of nitrogens with two attached hydrogens (primary N) is 1. The minimum absolute atomic E-state index is 0.530. The van der Waals surface area contributed by atoms with Crippen LogP contribution in [0.5, 0.6) is 0 Å². The van der Waals surface area contributed by atoms with Crippen LogP contribution >= 0.6 is 0 Å². The Balaban J connectivity index is 2.60. The summed E-state index contributed by atoms with van der Waals surface area (Å²) in [5.41, 5.74) is 6.24. The maximum Gasteiger partial charge on any atom is -0.00461 e. The Morgan fingerprint density at radius 3 is 2.55 bits per heavy atom. The Hall–Kier alpha value is -0.0400. The van der Waals surface area contributed by atoms with Gasteiger partial charge in [0.2, 0.25) is 0 Å². The number of hydrogen-bond acceptors (Lipinski definition) is 1. The molecule has 0 aromatic rings. The fraction of sp³-hybridized carbons (Fsp3) is 1.00. The van der Waals surface area contributed by atoms with Gasteiger partial charge in [-0.15, -0.1) is 0 Å². The summed E-state index contributed by atoms with van der Waals surface area (Å²) in [5, 5.41) is 0. The first-order valence-electron chi connectivity index (χ1n) is 4.78. The van der Waals surface area contributed by atoms with Crippen LogP contribution in [0.25, 0.3) is 0 Å². The molecule has 1 aliphatic carbocycles. The molecule has 1 fully saturated rings. The molecule has 2 atom stereocenters. The van der Waals surface area contributed by atoms with E-state index < -0.39 is 0 Å². The number of hydrogen-bond donors (Lipinski definition) is 1. The summed E-state index contributed by atoms with van der Waals surface area (Å²) in [4.78, 5) is 0. The summed E-state index contributed by atoms with van der Waals surface area (Å²) in [7, 11) is 0. The van der Waals surface area contributed by atoms with Crippen molar-refractivity contribution in [1.29, 1.82) is 0 Å². The summed E-state index contributed by atoms with van der Waals surface area (Å²) in [6.45, 7) is 7.99. The molecule has 1 saturated carbocycles. The molecule has 0 spiro atoms. The van der Waals surface area contributed by atoms with E-state index in [2.05, 4.69) is 20.8 Å². The maximum absolute atomic E-state index is 5.71. The van der Waals surface area contributed by atoms with Gasteiger partial charge in [0.15, 0.2) is 0 Å². The van der Waals surface area contributed by atoms with Gasteiger partial charge in [-0.25, -0.2) is 0 Å². The molecular weight excluding hydrogens is 134 g/mol. The maximum atomic E-state index is 5.71. The van der Waals surface area contributed by atoms with Crippen LogP contribution in [0, 0.1) is 17.3 Å². The SMILES string of the molecule is CC1C(CN)CCCC1(C)C. The molecule has 0 heterocycles. The van der Waals surface area contributed by atoms with E-state index in [1.165, 1.54) is 19.3 Å². The second kappa shape index (κ2) is 3.14. The summed E-state index contributed by atoms with van der Waals surface area (Å²) < 4.78 is 0. The molecule has 2 unspecified atom stereocenters. The first-order chi connectivity index (χ1) is 5.08. The van der Waals surface area contributed by atoms with E-state index in [1.807, 2.05) is 0 Å². The minimum Gasteiger partial charge on any atom is -0.330 e. The molecule has 11 heavy (non-hydrogen) atoms. The first-order valence-corrected chi connectivity index (χ1v) is 4.78. The van der Waals surface area contributed by atoms with E-state index in [4.69, 9.17) is 5.73 Å². The fourth-order valence-corrected chi connectivity index (χ4v) is 2.26. The van der Waals surface area contributed by atoms with Crippen molar-refractivity contribution in [3.05, 3.63) is 0 Å². The topological polar surface area (TPSA) is 26.0 Å². The lowest BCUT2D eigenvalue weighted by atomic mass is 9.64. The lowest BCUT2D eigenvalue weighted by Gasteiger charge is -2.41. The van der Waals surface area contributed by atoms with Crippen LogP contribution in [-0.4, -0.2) is 6.54 Å². The Kier molecular flexibility index (Phi) is 2.58. The van der Waals surface area contributed by atoms with E-state index in [1.54, 1.807) is 0 Å². The number of rotatable bonds is 1. The standard InChI is InChI=1S/C10H21N/c1-8-9(7-11)5-4-6-10(8,2)3/h8-9H,4-7,11H2,1-3H3. The normalized spacial score (nSPS) is 37.1. The highest BCUT2D eigenvalue weighted by Crippen LogP contribution is 2.42. The van der Waals surface area contributed by atoms with Gasteiger partial charge < -0.3 is 5.73 Å². The molecule has 1 rings (SSSR count). The van der Waals surface area contributed by atoms with Crippen LogP contribution in [0.2, 0.25) is 0 Å². The third-order valence-corrected chi connectivity index (χ3v) is 3.64. The molecule has 0 aliphatic heterocycles. The lowest BCUT2D eigenvalue weighted by Crippen LogP contribution is -2.36. The van der Waals surface area contributed by atoms with Crippen LogP contribution in [0.4, 0.5) is 0 Å². The summed E-state index contributed by atoms with van der Waals surface area (Å²) >= 11 is 0. The molecule has 66 valence electrons. The lowest BCUT2D eigenvalue weighted by molar-refractivity contribution is 0.0938. The minimum atomic E-state index is 0.530. The van der Waals surface area contributed by atoms with Crippen LogP contribution < -0.4 is 5.73 Å². The highest BCUT2D eigenvalue weighted by atomic mass is 14.6. The van der Waals surface area contributed by atoms with Crippen LogP contribution in [-0.2, 0) is 0 Å². The van der Waals surface area contributed by atoms with Crippen molar-refractivity contribution in [3.63, 3.8) is 0 Å². The Morgan fingerprint density at radius 2 is 2.09 bits per heavy atom. The zero-order chi connectivity index (χ0) is 8.48. The highest BCUT2D eigenvalue weighted by molar-refractivity contribution is 4.85. The summed E-state index contributed by atoms with van der Waals surface area (Å²) in [6.07, 6.45) is 4.10. The average molecular weight is 155 g/mol. The largest absolute Gasteiger partial charge is 0.330 e. The van der Waals surface area contributed by atoms with Gasteiger partial charge >= 0.3 is 0 Å². The molecule has 1 nitrogen and oxygen atoms in total. The molecule has 0 saturated heterocycles. The molecule has 0 radical (unpaired) electrons. The molecule has 1 aliphatic rings. The van der Waals surface area contributed by atoms with Crippen LogP contribution in [0.3, 0.4) is 0 Å². The fourth-order valence-electron chi connectivity index (χ4n) is 2.26. The van der Waals surface area contributed by atoms with Crippen molar-refractivity contribution >= 4 is 0 Å². The predicted molar refractivity (Wildman–Crippen MR) is 49.3 cm³/mol. The van der Waals surface area contributed by atoms with Gasteiger partial charge in [-0.3, -0.25) is 0 Å². The predicted octanol–water partition coefficient (Wildman–Crippen LogP) is 2.41. The van der Waals surface area contributed by atoms with Crippen molar-refractivity contribution < 1.29 is 0 Å². The molecular formula is C10H21N. The van der Waals surface area contributed by atoms with Gasteiger partial charge in [0, 0.05) is 0 Å². The van der Waals surface area contributed by atoms with Gasteiger partial charge in [-0.1, -0.05) is 27.2 Å². The Labute approximate surface area is 70.4 Å². The molecule has 0 aromatic heterocycles. The summed E-state index contributed by atoms with van der Waals surface area (Å²) in [6, 6.07) is 0. The zero-order valence-corrected chi connectivity index (χ0v) is 8.06. The van der Waals surface area contributed by atoms with Gasteiger partial charge in [0.25, 0.3) is 0 Å². The third kappa shape index (κ3) is 1.76. The molecule has 0 bridgehead atoms. The van der Waals surface area contributed by atoms with E-state index in [-0.39, 0.29) is 0 Å². The van der Waals surface area contributed by atoms with E-state index in [0.717, 1.165) is 18.4 Å². The van der Waals surface area contributed by atoms with Gasteiger partial charge in [-0.2, -0.15) is 0 Å². The van der Waals surface area contributed by atoms with Gasteiger partial charge in [-0.05, 0) is 36.6 Å². The average Bonchev–Trinajstić information content (AvgIpc) is 1.95. The van der Waals surface area contributed by atoms with Crippen molar-refractivity contribution in [2.24, 2.45) is 23.0 Å². The van der Waals surface area contributed by atoms with Crippen molar-refractivity contribution in [2.75, 3.05) is 6.54 Å². The molecule has 0 amide bonds. The van der Waals surface area contributed by atoms with E-state index in [0.29, 0.717) is 5.41 Å². The van der Waals surface area contributed by atoms with Crippen LogP contribution in [0.1, 0.15) is 40.0 Å². The highest BCUT2D eigenvalue weighted by Gasteiger charge is 2.34. The van der Waals surface area contributed by atoms with Crippen molar-refractivity contribution in [2.45, 2.75) is 40.0 Å². The van der Waals surface area contributed by atoms with Crippen molar-refractivity contribution in [1.82, 2.24) is 0 Å².